The van der Waals surface area contributed by atoms with Crippen molar-refractivity contribution < 1.29 is 14.3 Å². The van der Waals surface area contributed by atoms with E-state index in [-0.39, 0.29) is 11.8 Å². The monoisotopic (exact) mass is 347 g/mol. The number of rotatable bonds is 7. The summed E-state index contributed by atoms with van der Waals surface area (Å²) in [4.78, 5) is 30.6. The molecule has 0 spiro atoms. The molecule has 1 aliphatic rings. The molecule has 0 radical (unpaired) electrons. The van der Waals surface area contributed by atoms with Crippen LogP contribution in [0.3, 0.4) is 0 Å². The van der Waals surface area contributed by atoms with E-state index < -0.39 is 0 Å². The van der Waals surface area contributed by atoms with E-state index in [2.05, 4.69) is 18.7 Å². The molecular formula is C19H29N3O3. The molecule has 2 rings (SSSR count). The van der Waals surface area contributed by atoms with Gasteiger partial charge < -0.3 is 14.5 Å². The molecule has 1 fully saturated rings. The van der Waals surface area contributed by atoms with E-state index in [4.69, 9.17) is 4.74 Å². The second-order valence-electron chi connectivity index (χ2n) is 6.25. The molecule has 0 atom stereocenters. The van der Waals surface area contributed by atoms with E-state index in [0.717, 1.165) is 24.4 Å². The van der Waals surface area contributed by atoms with Gasteiger partial charge in [0.05, 0.1) is 20.1 Å². The maximum absolute atomic E-state index is 12.5. The lowest BCUT2D eigenvalue weighted by molar-refractivity contribution is -0.139. The molecule has 0 aromatic heterocycles. The number of piperazine rings is 1. The highest BCUT2D eigenvalue weighted by molar-refractivity contribution is 5.80. The zero-order valence-corrected chi connectivity index (χ0v) is 15.5. The molecule has 6 heteroatoms. The summed E-state index contributed by atoms with van der Waals surface area (Å²) >= 11 is 0. The molecule has 0 bridgehead atoms. The third-order valence-corrected chi connectivity index (χ3v) is 4.73. The Balaban J connectivity index is 1.82. The Hall–Kier alpha value is -2.08. The summed E-state index contributed by atoms with van der Waals surface area (Å²) in [5.74, 6) is 1.02. The first-order chi connectivity index (χ1) is 12.1. The first-order valence-electron chi connectivity index (χ1n) is 8.98. The summed E-state index contributed by atoms with van der Waals surface area (Å²) < 4.78 is 5.20. The third kappa shape index (κ3) is 5.46. The van der Waals surface area contributed by atoms with Gasteiger partial charge in [0.2, 0.25) is 11.8 Å². The van der Waals surface area contributed by atoms with Crippen LogP contribution < -0.4 is 4.74 Å². The van der Waals surface area contributed by atoms with Crippen LogP contribution >= 0.6 is 0 Å². The molecule has 0 aliphatic carbocycles. The van der Waals surface area contributed by atoms with Crippen molar-refractivity contribution in [1.82, 2.24) is 14.7 Å². The zero-order valence-electron chi connectivity index (χ0n) is 15.5. The van der Waals surface area contributed by atoms with Crippen LogP contribution in [0.25, 0.3) is 0 Å². The number of amides is 2. The summed E-state index contributed by atoms with van der Waals surface area (Å²) in [7, 11) is 1.62. The van der Waals surface area contributed by atoms with Crippen molar-refractivity contribution in [2.24, 2.45) is 0 Å². The lowest BCUT2D eigenvalue weighted by Crippen LogP contribution is -2.52. The highest BCUT2D eigenvalue weighted by Gasteiger charge is 2.24. The number of likely N-dealkylation sites (N-methyl/N-ethyl adjacent to an activating group) is 1. The highest BCUT2D eigenvalue weighted by Crippen LogP contribution is 2.14. The summed E-state index contributed by atoms with van der Waals surface area (Å²) in [6, 6.07) is 7.59. The Bertz CT molecular complexity index is 579. The fourth-order valence-corrected chi connectivity index (χ4v) is 3.01. The fourth-order valence-electron chi connectivity index (χ4n) is 3.01. The van der Waals surface area contributed by atoms with Gasteiger partial charge in [-0.15, -0.1) is 0 Å². The molecule has 1 aromatic rings. The predicted octanol–water partition coefficient (Wildman–Crippen LogP) is 1.25. The minimum atomic E-state index is 0.101. The van der Waals surface area contributed by atoms with Crippen molar-refractivity contribution in [2.75, 3.05) is 52.9 Å². The van der Waals surface area contributed by atoms with Crippen molar-refractivity contribution in [3.05, 3.63) is 29.8 Å². The molecule has 25 heavy (non-hydrogen) atoms. The van der Waals surface area contributed by atoms with Crippen molar-refractivity contribution in [3.8, 4) is 5.75 Å². The highest BCUT2D eigenvalue weighted by atomic mass is 16.5. The van der Waals surface area contributed by atoms with Crippen LogP contribution in [0.4, 0.5) is 0 Å². The van der Waals surface area contributed by atoms with Gasteiger partial charge in [0, 0.05) is 26.2 Å². The lowest BCUT2D eigenvalue weighted by atomic mass is 10.1. The van der Waals surface area contributed by atoms with Gasteiger partial charge in [-0.1, -0.05) is 26.0 Å². The summed E-state index contributed by atoms with van der Waals surface area (Å²) in [5.41, 5.74) is 0.949. The fraction of sp³-hybridized carbons (Fsp3) is 0.579. The number of nitrogens with zero attached hydrogens (tertiary/aromatic N) is 3. The minimum Gasteiger partial charge on any atom is -0.497 e. The maximum Gasteiger partial charge on any atom is 0.236 e. The molecule has 0 saturated carbocycles. The van der Waals surface area contributed by atoms with Crippen LogP contribution in [-0.2, 0) is 16.0 Å². The number of carbonyl (C=O) groups is 2. The van der Waals surface area contributed by atoms with E-state index >= 15 is 0 Å². The number of hydrogen-bond acceptors (Lipinski definition) is 4. The molecule has 0 unspecified atom stereocenters. The summed E-state index contributed by atoms with van der Waals surface area (Å²) in [6.07, 6.45) is 0.366. The van der Waals surface area contributed by atoms with E-state index in [1.165, 1.54) is 0 Å². The second-order valence-corrected chi connectivity index (χ2v) is 6.25. The standard InChI is InChI=1S/C19H29N3O3/c1-4-20(5-2)15-19(24)22-11-9-21(10-12-22)18(23)14-16-7-6-8-17(13-16)25-3/h6-8,13H,4-5,9-12,14-15H2,1-3H3. The number of hydrogen-bond donors (Lipinski definition) is 0. The van der Waals surface area contributed by atoms with Gasteiger partial charge in [-0.05, 0) is 30.8 Å². The predicted molar refractivity (Wildman–Crippen MR) is 97.6 cm³/mol. The Morgan fingerprint density at radius 1 is 1.04 bits per heavy atom. The maximum atomic E-state index is 12.5. The van der Waals surface area contributed by atoms with Gasteiger partial charge in [0.1, 0.15) is 5.75 Å². The van der Waals surface area contributed by atoms with Crippen LogP contribution in [0.5, 0.6) is 5.75 Å². The quantitative estimate of drug-likeness (QED) is 0.745. The Labute approximate surface area is 150 Å². The van der Waals surface area contributed by atoms with Crippen molar-refractivity contribution in [2.45, 2.75) is 20.3 Å². The van der Waals surface area contributed by atoms with Gasteiger partial charge in [-0.2, -0.15) is 0 Å². The zero-order chi connectivity index (χ0) is 18.2. The van der Waals surface area contributed by atoms with Gasteiger partial charge in [0.25, 0.3) is 0 Å². The molecular weight excluding hydrogens is 318 g/mol. The van der Waals surface area contributed by atoms with Crippen LogP contribution in [0.15, 0.2) is 24.3 Å². The number of methoxy groups -OCH3 is 1. The van der Waals surface area contributed by atoms with E-state index in [0.29, 0.717) is 39.1 Å². The van der Waals surface area contributed by atoms with E-state index in [1.807, 2.05) is 34.1 Å². The molecule has 6 nitrogen and oxygen atoms in total. The van der Waals surface area contributed by atoms with Crippen molar-refractivity contribution >= 4 is 11.8 Å². The van der Waals surface area contributed by atoms with Crippen LogP contribution in [0.2, 0.25) is 0 Å². The van der Waals surface area contributed by atoms with E-state index in [9.17, 15) is 9.59 Å². The average molecular weight is 347 g/mol. The molecule has 1 aromatic carbocycles. The average Bonchev–Trinajstić information content (AvgIpc) is 2.66. The normalized spacial score (nSPS) is 14.7. The van der Waals surface area contributed by atoms with Crippen LogP contribution in [0.1, 0.15) is 19.4 Å². The van der Waals surface area contributed by atoms with Crippen molar-refractivity contribution in [3.63, 3.8) is 0 Å². The van der Waals surface area contributed by atoms with Gasteiger partial charge in [-0.3, -0.25) is 14.5 Å². The second kappa shape index (κ2) is 9.42. The molecule has 1 heterocycles. The Morgan fingerprint density at radius 2 is 1.64 bits per heavy atom. The summed E-state index contributed by atoms with van der Waals surface area (Å²) in [5, 5.41) is 0. The molecule has 1 aliphatic heterocycles. The third-order valence-electron chi connectivity index (χ3n) is 4.73. The number of ether oxygens (including phenoxy) is 1. The lowest BCUT2D eigenvalue weighted by Gasteiger charge is -2.35. The first kappa shape index (κ1) is 19.2. The van der Waals surface area contributed by atoms with Gasteiger partial charge in [-0.25, -0.2) is 0 Å². The largest absolute Gasteiger partial charge is 0.497 e. The van der Waals surface area contributed by atoms with E-state index in [1.54, 1.807) is 7.11 Å². The summed E-state index contributed by atoms with van der Waals surface area (Å²) in [6.45, 7) is 8.78. The Kier molecular flexibility index (Phi) is 7.25. The van der Waals surface area contributed by atoms with Crippen LogP contribution in [-0.4, -0.2) is 79.4 Å². The van der Waals surface area contributed by atoms with Gasteiger partial charge in [0.15, 0.2) is 0 Å². The SMILES string of the molecule is CCN(CC)CC(=O)N1CCN(C(=O)Cc2cccc(OC)c2)CC1. The molecule has 2 amide bonds. The Morgan fingerprint density at radius 3 is 2.20 bits per heavy atom. The van der Waals surface area contributed by atoms with Crippen molar-refractivity contribution in [1.29, 1.82) is 0 Å². The smallest absolute Gasteiger partial charge is 0.236 e. The topological polar surface area (TPSA) is 53.1 Å². The molecule has 0 N–H and O–H groups in total. The number of benzene rings is 1. The minimum absolute atomic E-state index is 0.101. The number of carbonyl (C=O) groups excluding carboxylic acids is 2. The molecule has 1 saturated heterocycles. The van der Waals surface area contributed by atoms with Gasteiger partial charge >= 0.3 is 0 Å². The van der Waals surface area contributed by atoms with Crippen LogP contribution in [0, 0.1) is 0 Å². The molecule has 138 valence electrons. The first-order valence-corrected chi connectivity index (χ1v) is 8.98.